The van der Waals surface area contributed by atoms with Gasteiger partial charge >= 0.3 is 0 Å². The molecule has 8 heteroatoms. The molecule has 162 valence electrons. The number of rotatable bonds is 4. The highest BCUT2D eigenvalue weighted by Gasteiger charge is 2.25. The molecule has 0 bridgehead atoms. The second-order valence-corrected chi connectivity index (χ2v) is 7.91. The fourth-order valence-corrected chi connectivity index (χ4v) is 3.49. The number of carbonyl (C=O) groups excluding carboxylic acids is 1. The van der Waals surface area contributed by atoms with E-state index >= 15 is 0 Å². The zero-order valence-electron chi connectivity index (χ0n) is 17.9. The van der Waals surface area contributed by atoms with Gasteiger partial charge in [0.05, 0.1) is 6.54 Å². The van der Waals surface area contributed by atoms with Crippen molar-refractivity contribution < 1.29 is 14.3 Å². The molecule has 1 aromatic rings. The van der Waals surface area contributed by atoms with E-state index < -0.39 is 0 Å². The number of hydrogen-bond donors (Lipinski definition) is 1. The van der Waals surface area contributed by atoms with Crippen molar-refractivity contribution in [1.29, 1.82) is 0 Å². The molecule has 2 heterocycles. The lowest BCUT2D eigenvalue weighted by molar-refractivity contribution is -0.130. The number of guanidine groups is 1. The fraction of sp³-hybridized carbons (Fsp3) is 0.619. The summed E-state index contributed by atoms with van der Waals surface area (Å²) < 4.78 is 11.4. The molecule has 0 spiro atoms. The van der Waals surface area contributed by atoms with Crippen molar-refractivity contribution >= 4 is 35.8 Å². The number of nitrogens with zero attached hydrogens (tertiary/aromatic N) is 3. The van der Waals surface area contributed by atoms with E-state index in [0.29, 0.717) is 19.8 Å². The van der Waals surface area contributed by atoms with Crippen molar-refractivity contribution in [3.05, 3.63) is 23.8 Å². The van der Waals surface area contributed by atoms with Crippen LogP contribution in [-0.2, 0) is 10.2 Å². The smallest absolute Gasteiger partial charge is 0.219 e. The Kier molecular flexibility index (Phi) is 8.42. The average Bonchev–Trinajstić information content (AvgIpc) is 2.71. The van der Waals surface area contributed by atoms with Gasteiger partial charge in [-0.25, -0.2) is 0 Å². The molecule has 1 N–H and O–H groups in total. The Hall–Kier alpha value is -1.71. The molecule has 0 aliphatic carbocycles. The lowest BCUT2D eigenvalue weighted by atomic mass is 9.84. The van der Waals surface area contributed by atoms with E-state index in [1.807, 2.05) is 11.0 Å². The summed E-state index contributed by atoms with van der Waals surface area (Å²) >= 11 is 0. The summed E-state index contributed by atoms with van der Waals surface area (Å²) in [4.78, 5) is 20.6. The number of halogens is 1. The van der Waals surface area contributed by atoms with Gasteiger partial charge in [0.15, 0.2) is 17.5 Å². The van der Waals surface area contributed by atoms with Crippen molar-refractivity contribution in [2.45, 2.75) is 33.1 Å². The van der Waals surface area contributed by atoms with Gasteiger partial charge in [-0.15, -0.1) is 24.0 Å². The minimum absolute atomic E-state index is 0. The molecule has 2 aliphatic heterocycles. The summed E-state index contributed by atoms with van der Waals surface area (Å²) in [6, 6.07) is 6.16. The van der Waals surface area contributed by atoms with Gasteiger partial charge in [0.25, 0.3) is 0 Å². The Morgan fingerprint density at radius 2 is 1.72 bits per heavy atom. The van der Waals surface area contributed by atoms with Gasteiger partial charge in [0.2, 0.25) is 5.91 Å². The third-order valence-electron chi connectivity index (χ3n) is 5.31. The molecule has 0 saturated carbocycles. The summed E-state index contributed by atoms with van der Waals surface area (Å²) in [5.41, 5.74) is 1.04. The van der Waals surface area contributed by atoms with Crippen molar-refractivity contribution in [3.8, 4) is 11.5 Å². The van der Waals surface area contributed by atoms with E-state index in [-0.39, 0.29) is 35.3 Å². The van der Waals surface area contributed by atoms with Gasteiger partial charge in [-0.1, -0.05) is 19.9 Å². The number of benzene rings is 1. The lowest BCUT2D eigenvalue weighted by Crippen LogP contribution is -2.53. The quantitative estimate of drug-likeness (QED) is 0.379. The number of hydrogen-bond acceptors (Lipinski definition) is 4. The van der Waals surface area contributed by atoms with Crippen LogP contribution in [-0.4, -0.2) is 74.1 Å². The minimum Gasteiger partial charge on any atom is -0.486 e. The van der Waals surface area contributed by atoms with E-state index in [9.17, 15) is 4.79 Å². The molecule has 0 aromatic heterocycles. The zero-order chi connectivity index (χ0) is 20.1. The molecular weight excluding hydrogens is 483 g/mol. The molecule has 0 radical (unpaired) electrons. The highest BCUT2D eigenvalue weighted by Crippen LogP contribution is 2.35. The Morgan fingerprint density at radius 1 is 1.10 bits per heavy atom. The van der Waals surface area contributed by atoms with Gasteiger partial charge in [0.1, 0.15) is 13.2 Å². The fourth-order valence-electron chi connectivity index (χ4n) is 3.49. The standard InChI is InChI=1S/C21H32N4O3.HI/c1-5-22-20(25-10-8-24(9-11-25)16(2)26)23-15-21(3,4)17-6-7-18-19(14-17)28-13-12-27-18;/h6-7,14H,5,8-13,15H2,1-4H3,(H,22,23);1H. The molecule has 1 aromatic carbocycles. The monoisotopic (exact) mass is 516 g/mol. The van der Waals surface area contributed by atoms with Crippen LogP contribution in [0.25, 0.3) is 0 Å². The first-order valence-corrected chi connectivity index (χ1v) is 10.1. The van der Waals surface area contributed by atoms with Crippen LogP contribution in [0.15, 0.2) is 23.2 Å². The Bertz CT molecular complexity index is 731. The largest absolute Gasteiger partial charge is 0.486 e. The molecule has 1 fully saturated rings. The van der Waals surface area contributed by atoms with Crippen molar-refractivity contribution in [2.75, 3.05) is 52.5 Å². The van der Waals surface area contributed by atoms with Gasteiger partial charge in [0, 0.05) is 45.1 Å². The zero-order valence-corrected chi connectivity index (χ0v) is 20.2. The first-order chi connectivity index (χ1) is 13.4. The number of piperazine rings is 1. The van der Waals surface area contributed by atoms with E-state index in [0.717, 1.165) is 50.2 Å². The second kappa shape index (κ2) is 10.4. The first-order valence-electron chi connectivity index (χ1n) is 10.1. The first kappa shape index (κ1) is 23.6. The van der Waals surface area contributed by atoms with Gasteiger partial charge in [-0.2, -0.15) is 0 Å². The predicted molar refractivity (Wildman–Crippen MR) is 126 cm³/mol. The SMILES string of the molecule is CCNC(=NCC(C)(C)c1ccc2c(c1)OCCO2)N1CCN(C(C)=O)CC1.I. The van der Waals surface area contributed by atoms with E-state index in [4.69, 9.17) is 14.5 Å². The second-order valence-electron chi connectivity index (χ2n) is 7.91. The molecular formula is C21H33IN4O3. The predicted octanol–water partition coefficient (Wildman–Crippen LogP) is 2.48. The van der Waals surface area contributed by atoms with Crippen LogP contribution >= 0.6 is 24.0 Å². The summed E-state index contributed by atoms with van der Waals surface area (Å²) in [6.07, 6.45) is 0. The van der Waals surface area contributed by atoms with Gasteiger partial charge < -0.3 is 24.6 Å². The highest BCUT2D eigenvalue weighted by molar-refractivity contribution is 14.0. The number of amides is 1. The molecule has 2 aliphatic rings. The van der Waals surface area contributed by atoms with Crippen LogP contribution in [0.2, 0.25) is 0 Å². The van der Waals surface area contributed by atoms with Crippen LogP contribution < -0.4 is 14.8 Å². The average molecular weight is 516 g/mol. The van der Waals surface area contributed by atoms with Crippen molar-refractivity contribution in [3.63, 3.8) is 0 Å². The highest BCUT2D eigenvalue weighted by atomic mass is 127. The maximum atomic E-state index is 11.6. The lowest BCUT2D eigenvalue weighted by Gasteiger charge is -2.36. The number of fused-ring (bicyclic) bond motifs is 1. The summed E-state index contributed by atoms with van der Waals surface area (Å²) in [7, 11) is 0. The maximum absolute atomic E-state index is 11.6. The van der Waals surface area contributed by atoms with Crippen molar-refractivity contribution in [2.24, 2.45) is 4.99 Å². The molecule has 7 nitrogen and oxygen atoms in total. The molecule has 0 unspecified atom stereocenters. The van der Waals surface area contributed by atoms with E-state index in [1.54, 1.807) is 6.92 Å². The molecule has 1 saturated heterocycles. The van der Waals surface area contributed by atoms with Crippen LogP contribution in [0.5, 0.6) is 11.5 Å². The Balaban J connectivity index is 0.00000300. The summed E-state index contributed by atoms with van der Waals surface area (Å²) in [6.45, 7) is 13.8. The number of aliphatic imine (C=N–C) groups is 1. The summed E-state index contributed by atoms with van der Waals surface area (Å²) in [5, 5.41) is 3.40. The van der Waals surface area contributed by atoms with Gasteiger partial charge in [-0.3, -0.25) is 9.79 Å². The van der Waals surface area contributed by atoms with E-state index in [2.05, 4.69) is 43.1 Å². The van der Waals surface area contributed by atoms with Crippen LogP contribution in [0.1, 0.15) is 33.3 Å². The summed E-state index contributed by atoms with van der Waals surface area (Å²) in [5.74, 6) is 2.68. The number of ether oxygens (including phenoxy) is 2. The Morgan fingerprint density at radius 3 is 2.34 bits per heavy atom. The normalized spacial score (nSPS) is 16.9. The molecule has 29 heavy (non-hydrogen) atoms. The molecule has 0 atom stereocenters. The molecule has 1 amide bonds. The number of carbonyl (C=O) groups is 1. The van der Waals surface area contributed by atoms with Crippen LogP contribution in [0, 0.1) is 0 Å². The maximum Gasteiger partial charge on any atom is 0.219 e. The third-order valence-corrected chi connectivity index (χ3v) is 5.31. The number of nitrogens with one attached hydrogen (secondary N) is 1. The molecule has 3 rings (SSSR count). The minimum atomic E-state index is -0.141. The third kappa shape index (κ3) is 5.90. The van der Waals surface area contributed by atoms with Crippen molar-refractivity contribution in [1.82, 2.24) is 15.1 Å². The van der Waals surface area contributed by atoms with E-state index in [1.165, 1.54) is 5.56 Å². The topological polar surface area (TPSA) is 66.4 Å². The van der Waals surface area contributed by atoms with Crippen LogP contribution in [0.4, 0.5) is 0 Å². The van der Waals surface area contributed by atoms with Crippen LogP contribution in [0.3, 0.4) is 0 Å². The van der Waals surface area contributed by atoms with Gasteiger partial charge in [-0.05, 0) is 24.6 Å². The Labute approximate surface area is 190 Å².